The summed E-state index contributed by atoms with van der Waals surface area (Å²) in [7, 11) is 0. The molecular weight excluding hydrogens is 384 g/mol. The van der Waals surface area contributed by atoms with Crippen LogP contribution in [0.4, 0.5) is 0 Å². The van der Waals surface area contributed by atoms with Gasteiger partial charge in [-0.05, 0) is 38.8 Å². The maximum Gasteiger partial charge on any atom is 0.258 e. The first-order chi connectivity index (χ1) is 14.9. The van der Waals surface area contributed by atoms with E-state index in [2.05, 4.69) is 67.5 Å². The lowest BCUT2D eigenvalue weighted by molar-refractivity contribution is -0.917. The van der Waals surface area contributed by atoms with Crippen molar-refractivity contribution >= 4 is 5.91 Å². The molecule has 5 heteroatoms. The second kappa shape index (κ2) is 9.06. The van der Waals surface area contributed by atoms with Gasteiger partial charge in [0.2, 0.25) is 0 Å². The molecule has 162 valence electrons. The van der Waals surface area contributed by atoms with E-state index >= 15 is 0 Å². The fourth-order valence-corrected chi connectivity index (χ4v) is 4.47. The average Bonchev–Trinajstić information content (AvgIpc) is 3.04. The molecule has 2 heterocycles. The molecule has 1 aromatic heterocycles. The largest absolute Gasteiger partial charge is 0.328 e. The number of carbonyl (C=O) groups is 1. The van der Waals surface area contributed by atoms with Crippen LogP contribution < -0.4 is 4.90 Å². The summed E-state index contributed by atoms with van der Waals surface area (Å²) in [6.45, 7) is 13.5. The summed E-state index contributed by atoms with van der Waals surface area (Å²) in [6.07, 6.45) is 0. The summed E-state index contributed by atoms with van der Waals surface area (Å²) < 4.78 is 1.97. The third kappa shape index (κ3) is 4.72. The van der Waals surface area contributed by atoms with Gasteiger partial charge < -0.3 is 9.80 Å². The average molecular weight is 418 g/mol. The van der Waals surface area contributed by atoms with Crippen LogP contribution in [-0.2, 0) is 13.1 Å². The lowest BCUT2D eigenvalue weighted by Crippen LogP contribution is -3.13. The zero-order valence-electron chi connectivity index (χ0n) is 19.1. The van der Waals surface area contributed by atoms with Crippen molar-refractivity contribution < 1.29 is 9.69 Å². The van der Waals surface area contributed by atoms with E-state index in [0.717, 1.165) is 49.7 Å². The minimum atomic E-state index is 0.125. The molecule has 31 heavy (non-hydrogen) atoms. The van der Waals surface area contributed by atoms with Gasteiger partial charge in [-0.2, -0.15) is 5.10 Å². The topological polar surface area (TPSA) is 42.6 Å². The molecule has 1 saturated heterocycles. The summed E-state index contributed by atoms with van der Waals surface area (Å²) in [6, 6.07) is 17.1. The van der Waals surface area contributed by atoms with Crippen LogP contribution in [0.15, 0.2) is 48.5 Å². The molecule has 1 fully saturated rings. The Hall–Kier alpha value is -2.92. The van der Waals surface area contributed by atoms with Gasteiger partial charge in [0, 0.05) is 11.3 Å². The van der Waals surface area contributed by atoms with Gasteiger partial charge in [0.15, 0.2) is 0 Å². The van der Waals surface area contributed by atoms with Gasteiger partial charge in [-0.1, -0.05) is 54.1 Å². The Bertz CT molecular complexity index is 1060. The number of nitrogens with one attached hydrogen (secondary N) is 1. The minimum Gasteiger partial charge on any atom is -0.328 e. The first kappa shape index (κ1) is 21.3. The summed E-state index contributed by atoms with van der Waals surface area (Å²) in [5, 5.41) is 4.69. The van der Waals surface area contributed by atoms with E-state index in [1.54, 1.807) is 4.90 Å². The standard InChI is InChI=1S/C26H32N4O/c1-19-9-11-23(12-10-19)17-30-22(4)25(21(3)27-30)26(31)29-15-13-28(14-16-29)18-24-8-6-5-7-20(24)2/h5-12H,13-18H2,1-4H3/p+1. The van der Waals surface area contributed by atoms with E-state index in [4.69, 9.17) is 0 Å². The molecule has 2 aromatic carbocycles. The SMILES string of the molecule is Cc1ccc(Cn2nc(C)c(C(=O)N3CC[NH+](Cc4ccccc4C)CC3)c2C)cc1. The number of carbonyl (C=O) groups excluding carboxylic acids is 1. The van der Waals surface area contributed by atoms with Gasteiger partial charge in [-0.25, -0.2) is 0 Å². The summed E-state index contributed by atoms with van der Waals surface area (Å²) in [4.78, 5) is 16.9. The number of hydrogen-bond donors (Lipinski definition) is 1. The van der Waals surface area contributed by atoms with Crippen molar-refractivity contribution in [1.82, 2.24) is 14.7 Å². The van der Waals surface area contributed by atoms with Crippen molar-refractivity contribution in [2.24, 2.45) is 0 Å². The quantitative estimate of drug-likeness (QED) is 0.694. The summed E-state index contributed by atoms with van der Waals surface area (Å²) in [5.74, 6) is 0.125. The van der Waals surface area contributed by atoms with Gasteiger partial charge >= 0.3 is 0 Å². The molecule has 1 amide bonds. The number of hydrogen-bond acceptors (Lipinski definition) is 2. The molecule has 0 aliphatic carbocycles. The summed E-state index contributed by atoms with van der Waals surface area (Å²) in [5.41, 5.74) is 7.75. The fraction of sp³-hybridized carbons (Fsp3) is 0.385. The van der Waals surface area contributed by atoms with Gasteiger partial charge in [0.1, 0.15) is 6.54 Å². The van der Waals surface area contributed by atoms with Crippen LogP contribution in [0.25, 0.3) is 0 Å². The first-order valence-electron chi connectivity index (χ1n) is 11.2. The van der Waals surface area contributed by atoms with Crippen molar-refractivity contribution in [2.45, 2.75) is 40.8 Å². The van der Waals surface area contributed by atoms with Crippen LogP contribution in [-0.4, -0.2) is 46.8 Å². The normalized spacial score (nSPS) is 14.8. The zero-order valence-corrected chi connectivity index (χ0v) is 19.1. The molecule has 3 aromatic rings. The molecule has 0 atom stereocenters. The van der Waals surface area contributed by atoms with E-state index in [0.29, 0.717) is 6.54 Å². The second-order valence-corrected chi connectivity index (χ2v) is 8.83. The molecule has 0 radical (unpaired) electrons. The number of aromatic nitrogens is 2. The molecule has 1 aliphatic rings. The predicted octanol–water partition coefficient (Wildman–Crippen LogP) is 2.71. The Morgan fingerprint density at radius 2 is 1.65 bits per heavy atom. The smallest absolute Gasteiger partial charge is 0.258 e. The number of nitrogens with zero attached hydrogens (tertiary/aromatic N) is 3. The highest BCUT2D eigenvalue weighted by Gasteiger charge is 2.28. The zero-order chi connectivity index (χ0) is 22.0. The Kier molecular flexibility index (Phi) is 6.23. The van der Waals surface area contributed by atoms with E-state index in [-0.39, 0.29) is 5.91 Å². The third-order valence-corrected chi connectivity index (χ3v) is 6.51. The molecule has 1 N–H and O–H groups in total. The lowest BCUT2D eigenvalue weighted by Gasteiger charge is -2.32. The third-order valence-electron chi connectivity index (χ3n) is 6.51. The van der Waals surface area contributed by atoms with Crippen LogP contribution in [0.1, 0.15) is 44.0 Å². The number of benzene rings is 2. The minimum absolute atomic E-state index is 0.125. The first-order valence-corrected chi connectivity index (χ1v) is 11.2. The molecule has 5 nitrogen and oxygen atoms in total. The molecule has 0 bridgehead atoms. The summed E-state index contributed by atoms with van der Waals surface area (Å²) >= 11 is 0. The van der Waals surface area contributed by atoms with Crippen molar-refractivity contribution in [3.63, 3.8) is 0 Å². The van der Waals surface area contributed by atoms with E-state index < -0.39 is 0 Å². The Labute approximate surface area is 185 Å². The van der Waals surface area contributed by atoms with Crippen LogP contribution in [0.2, 0.25) is 0 Å². The van der Waals surface area contributed by atoms with E-state index in [1.165, 1.54) is 22.3 Å². The van der Waals surface area contributed by atoms with Crippen LogP contribution >= 0.6 is 0 Å². The number of aryl methyl sites for hydroxylation is 3. The molecule has 0 spiro atoms. The van der Waals surface area contributed by atoms with Gasteiger partial charge in [0.05, 0.1) is 44.0 Å². The second-order valence-electron chi connectivity index (χ2n) is 8.83. The van der Waals surface area contributed by atoms with Crippen LogP contribution in [0, 0.1) is 27.7 Å². The number of piperazine rings is 1. The maximum absolute atomic E-state index is 13.3. The lowest BCUT2D eigenvalue weighted by atomic mass is 10.1. The Morgan fingerprint density at radius 1 is 0.968 bits per heavy atom. The van der Waals surface area contributed by atoms with Crippen LogP contribution in [0.5, 0.6) is 0 Å². The van der Waals surface area contributed by atoms with Crippen molar-refractivity contribution in [2.75, 3.05) is 26.2 Å². The van der Waals surface area contributed by atoms with Gasteiger partial charge in [-0.3, -0.25) is 9.48 Å². The van der Waals surface area contributed by atoms with Crippen LogP contribution in [0.3, 0.4) is 0 Å². The van der Waals surface area contributed by atoms with E-state index in [1.807, 2.05) is 23.4 Å². The molecule has 4 rings (SSSR count). The number of quaternary nitrogens is 1. The van der Waals surface area contributed by atoms with Crippen molar-refractivity contribution in [3.05, 3.63) is 87.7 Å². The molecule has 0 saturated carbocycles. The van der Waals surface area contributed by atoms with Gasteiger partial charge in [0.25, 0.3) is 5.91 Å². The Morgan fingerprint density at radius 3 is 2.32 bits per heavy atom. The van der Waals surface area contributed by atoms with Crippen molar-refractivity contribution in [1.29, 1.82) is 0 Å². The predicted molar refractivity (Wildman–Crippen MR) is 123 cm³/mol. The van der Waals surface area contributed by atoms with E-state index in [9.17, 15) is 4.79 Å². The monoisotopic (exact) mass is 417 g/mol. The molecule has 0 unspecified atom stereocenters. The Balaban J connectivity index is 1.41. The number of amides is 1. The fourth-order valence-electron chi connectivity index (χ4n) is 4.47. The number of rotatable bonds is 5. The maximum atomic E-state index is 13.3. The van der Waals surface area contributed by atoms with Crippen molar-refractivity contribution in [3.8, 4) is 0 Å². The van der Waals surface area contributed by atoms with Gasteiger partial charge in [-0.15, -0.1) is 0 Å². The highest BCUT2D eigenvalue weighted by atomic mass is 16.2. The molecule has 1 aliphatic heterocycles. The highest BCUT2D eigenvalue weighted by Crippen LogP contribution is 2.18. The highest BCUT2D eigenvalue weighted by molar-refractivity contribution is 5.96. The molecular formula is C26H33N4O+.